The van der Waals surface area contributed by atoms with Gasteiger partial charge in [-0.05, 0) is 56.4 Å². The Hall–Kier alpha value is -2.10. The molecule has 2 fully saturated rings. The number of morpholine rings is 1. The summed E-state index contributed by atoms with van der Waals surface area (Å²) in [5.74, 6) is 6.51. The highest BCUT2D eigenvalue weighted by molar-refractivity contribution is 6.29. The lowest BCUT2D eigenvalue weighted by Crippen LogP contribution is -2.35. The maximum atomic E-state index is 10.2. The number of ether oxygens (including phenoxy) is 1. The van der Waals surface area contributed by atoms with Gasteiger partial charge in [-0.2, -0.15) is 0 Å². The van der Waals surface area contributed by atoms with Crippen LogP contribution < -0.4 is 5.32 Å². The number of aromatic nitrogens is 1. The van der Waals surface area contributed by atoms with Crippen molar-refractivity contribution in [2.45, 2.75) is 50.8 Å². The van der Waals surface area contributed by atoms with E-state index >= 15 is 0 Å². The van der Waals surface area contributed by atoms with E-state index in [4.69, 9.17) is 16.3 Å². The fraction of sp³-hybridized carbons (Fsp3) is 0.480. The molecule has 1 aromatic heterocycles. The monoisotopic (exact) mass is 439 g/mol. The molecule has 5 nitrogen and oxygen atoms in total. The van der Waals surface area contributed by atoms with Gasteiger partial charge in [-0.15, -0.1) is 0 Å². The maximum Gasteiger partial charge on any atom is 0.131 e. The minimum Gasteiger partial charge on any atom is -0.390 e. The topological polar surface area (TPSA) is 57.6 Å². The van der Waals surface area contributed by atoms with Crippen LogP contribution in [0.15, 0.2) is 36.5 Å². The molecular weight excluding hydrogens is 410 g/mol. The SMILES string of the molecule is CC1(O)CCC(Nc2cc(Cl)ncc2C#Cc2ccc(CN3CCOCC3)cc2)CC1. The first-order chi connectivity index (χ1) is 15.0. The van der Waals surface area contributed by atoms with E-state index in [-0.39, 0.29) is 0 Å². The molecule has 0 bridgehead atoms. The molecule has 1 aliphatic heterocycles. The predicted octanol–water partition coefficient (Wildman–Crippen LogP) is 4.07. The van der Waals surface area contributed by atoms with E-state index in [0.29, 0.717) is 11.2 Å². The fourth-order valence-corrected chi connectivity index (χ4v) is 4.26. The largest absolute Gasteiger partial charge is 0.390 e. The first-order valence-corrected chi connectivity index (χ1v) is 11.4. The Bertz CT molecular complexity index is 933. The average Bonchev–Trinajstić information content (AvgIpc) is 2.76. The Labute approximate surface area is 189 Å². The number of halogens is 1. The Morgan fingerprint density at radius 3 is 2.61 bits per heavy atom. The van der Waals surface area contributed by atoms with Crippen LogP contribution in [0.2, 0.25) is 5.15 Å². The van der Waals surface area contributed by atoms with Crippen LogP contribution in [0.3, 0.4) is 0 Å². The molecule has 0 radical (unpaired) electrons. The second-order valence-corrected chi connectivity index (χ2v) is 9.19. The van der Waals surface area contributed by atoms with E-state index in [9.17, 15) is 5.11 Å². The van der Waals surface area contributed by atoms with E-state index in [1.807, 2.05) is 13.0 Å². The van der Waals surface area contributed by atoms with Gasteiger partial charge in [0.05, 0.1) is 30.1 Å². The molecule has 0 amide bonds. The van der Waals surface area contributed by atoms with Gasteiger partial charge in [0.1, 0.15) is 5.15 Å². The number of benzene rings is 1. The van der Waals surface area contributed by atoms with Crippen molar-refractivity contribution < 1.29 is 9.84 Å². The summed E-state index contributed by atoms with van der Waals surface area (Å²) in [6.07, 6.45) is 5.15. The van der Waals surface area contributed by atoms with E-state index in [0.717, 1.165) is 75.3 Å². The Morgan fingerprint density at radius 2 is 1.90 bits per heavy atom. The van der Waals surface area contributed by atoms with Crippen molar-refractivity contribution >= 4 is 17.3 Å². The lowest BCUT2D eigenvalue weighted by Gasteiger charge is -2.34. The minimum atomic E-state index is -0.551. The third kappa shape index (κ3) is 6.44. The van der Waals surface area contributed by atoms with Crippen LogP contribution in [-0.2, 0) is 11.3 Å². The van der Waals surface area contributed by atoms with Crippen molar-refractivity contribution in [3.8, 4) is 11.8 Å². The Morgan fingerprint density at radius 1 is 1.19 bits per heavy atom. The molecule has 1 saturated heterocycles. The van der Waals surface area contributed by atoms with Gasteiger partial charge in [0.2, 0.25) is 0 Å². The number of pyridine rings is 1. The Balaban J connectivity index is 1.42. The molecule has 31 heavy (non-hydrogen) atoms. The van der Waals surface area contributed by atoms with Gasteiger partial charge in [0, 0.05) is 37.4 Å². The van der Waals surface area contributed by atoms with Crippen LogP contribution in [-0.4, -0.2) is 52.9 Å². The van der Waals surface area contributed by atoms with E-state index < -0.39 is 5.60 Å². The van der Waals surface area contributed by atoms with Gasteiger partial charge < -0.3 is 15.2 Å². The second kappa shape index (κ2) is 10.0. The molecule has 2 heterocycles. The molecule has 0 atom stereocenters. The number of anilines is 1. The molecule has 2 aliphatic rings. The molecule has 1 aromatic carbocycles. The molecule has 2 aromatic rings. The molecular formula is C25H30ClN3O2. The molecule has 0 unspecified atom stereocenters. The standard InChI is InChI=1S/C25H30ClN3O2/c1-25(30)10-8-22(9-11-25)28-23-16-24(26)27-17-21(23)7-6-19-2-4-20(5-3-19)18-29-12-14-31-15-13-29/h2-5,16-17,22,30H,8-15,18H2,1H3,(H,27,28). The van der Waals surface area contributed by atoms with E-state index in [2.05, 4.69) is 51.3 Å². The summed E-state index contributed by atoms with van der Waals surface area (Å²) in [4.78, 5) is 6.62. The summed E-state index contributed by atoms with van der Waals surface area (Å²) in [6, 6.07) is 10.6. The molecule has 2 N–H and O–H groups in total. The highest BCUT2D eigenvalue weighted by atomic mass is 35.5. The van der Waals surface area contributed by atoms with Crippen LogP contribution in [0.25, 0.3) is 0 Å². The van der Waals surface area contributed by atoms with Gasteiger partial charge in [-0.1, -0.05) is 35.6 Å². The first kappa shape index (κ1) is 22.1. The maximum absolute atomic E-state index is 10.2. The fourth-order valence-electron chi connectivity index (χ4n) is 4.10. The highest BCUT2D eigenvalue weighted by Gasteiger charge is 2.28. The normalized spacial score (nSPS) is 24.3. The van der Waals surface area contributed by atoms with Crippen molar-refractivity contribution in [3.63, 3.8) is 0 Å². The third-order valence-electron chi connectivity index (χ3n) is 6.10. The van der Waals surface area contributed by atoms with Gasteiger partial charge in [-0.25, -0.2) is 4.98 Å². The van der Waals surface area contributed by atoms with E-state index in [1.165, 1.54) is 5.56 Å². The van der Waals surface area contributed by atoms with Crippen molar-refractivity contribution in [2.24, 2.45) is 0 Å². The van der Waals surface area contributed by atoms with Crippen molar-refractivity contribution in [1.82, 2.24) is 9.88 Å². The summed E-state index contributed by atoms with van der Waals surface area (Å²) >= 11 is 6.14. The van der Waals surface area contributed by atoms with Crippen molar-refractivity contribution in [2.75, 3.05) is 31.6 Å². The van der Waals surface area contributed by atoms with Crippen LogP contribution in [0.4, 0.5) is 5.69 Å². The number of hydrogen-bond donors (Lipinski definition) is 2. The number of aliphatic hydroxyl groups is 1. The van der Waals surface area contributed by atoms with Crippen LogP contribution in [0.5, 0.6) is 0 Å². The van der Waals surface area contributed by atoms with Crippen LogP contribution in [0.1, 0.15) is 49.3 Å². The van der Waals surface area contributed by atoms with Crippen LogP contribution >= 0.6 is 11.6 Å². The molecule has 6 heteroatoms. The van der Waals surface area contributed by atoms with Crippen molar-refractivity contribution in [3.05, 3.63) is 58.4 Å². The number of nitrogens with zero attached hydrogens (tertiary/aromatic N) is 2. The second-order valence-electron chi connectivity index (χ2n) is 8.80. The van der Waals surface area contributed by atoms with Crippen molar-refractivity contribution in [1.29, 1.82) is 0 Å². The summed E-state index contributed by atoms with van der Waals surface area (Å²) in [5.41, 5.74) is 3.45. The predicted molar refractivity (Wildman–Crippen MR) is 124 cm³/mol. The summed E-state index contributed by atoms with van der Waals surface area (Å²) < 4.78 is 5.41. The zero-order valence-corrected chi connectivity index (χ0v) is 18.8. The molecule has 4 rings (SSSR count). The van der Waals surface area contributed by atoms with Gasteiger partial charge in [0.25, 0.3) is 0 Å². The van der Waals surface area contributed by atoms with E-state index in [1.54, 1.807) is 6.20 Å². The van der Waals surface area contributed by atoms with Gasteiger partial charge in [-0.3, -0.25) is 4.90 Å². The number of hydrogen-bond acceptors (Lipinski definition) is 5. The quantitative estimate of drug-likeness (QED) is 0.555. The van der Waals surface area contributed by atoms with Gasteiger partial charge in [0.15, 0.2) is 0 Å². The molecule has 0 spiro atoms. The minimum absolute atomic E-state index is 0.304. The number of nitrogens with one attached hydrogen (secondary N) is 1. The first-order valence-electron chi connectivity index (χ1n) is 11.0. The highest BCUT2D eigenvalue weighted by Crippen LogP contribution is 2.30. The van der Waals surface area contributed by atoms with Crippen LogP contribution in [0, 0.1) is 11.8 Å². The molecule has 1 saturated carbocycles. The lowest BCUT2D eigenvalue weighted by molar-refractivity contribution is 0.0196. The zero-order chi connectivity index (χ0) is 21.7. The lowest BCUT2D eigenvalue weighted by atomic mass is 9.83. The summed E-state index contributed by atoms with van der Waals surface area (Å²) in [6.45, 7) is 6.46. The number of rotatable bonds is 4. The Kier molecular flexibility index (Phi) is 7.14. The van der Waals surface area contributed by atoms with Gasteiger partial charge >= 0.3 is 0 Å². The third-order valence-corrected chi connectivity index (χ3v) is 6.31. The molecule has 1 aliphatic carbocycles. The average molecular weight is 440 g/mol. The molecule has 164 valence electrons. The summed E-state index contributed by atoms with van der Waals surface area (Å²) in [7, 11) is 0. The summed E-state index contributed by atoms with van der Waals surface area (Å²) in [5, 5.41) is 14.2. The zero-order valence-electron chi connectivity index (χ0n) is 18.0. The smallest absolute Gasteiger partial charge is 0.131 e.